The van der Waals surface area contributed by atoms with Crippen LogP contribution in [0.1, 0.15) is 27.8 Å². The molecule has 4 heteroatoms. The van der Waals surface area contributed by atoms with Crippen LogP contribution < -0.4 is 0 Å². The van der Waals surface area contributed by atoms with Gasteiger partial charge in [0.05, 0.1) is 25.4 Å². The standard InChI is InChI=1S/C39H35NO3/c41-38-27-26-37(42-29-32-18-8-2-9-19-32)36(40(38)28-31-16-6-1-7-17-31)30-43-39(33-20-10-3-11-21-33,34-22-12-4-13-23-34)35-24-14-5-15-25-35/h1-27,36-37H,28-30H2/t36-,37+/m1/s1. The molecule has 0 radical (unpaired) electrons. The topological polar surface area (TPSA) is 38.8 Å². The summed E-state index contributed by atoms with van der Waals surface area (Å²) in [7, 11) is 0. The van der Waals surface area contributed by atoms with Gasteiger partial charge in [-0.25, -0.2) is 0 Å². The molecule has 5 aromatic carbocycles. The molecule has 0 aliphatic carbocycles. The van der Waals surface area contributed by atoms with Crippen LogP contribution in [-0.2, 0) is 33.0 Å². The smallest absolute Gasteiger partial charge is 0.247 e. The quantitative estimate of drug-likeness (QED) is 0.155. The molecular formula is C39H35NO3. The van der Waals surface area contributed by atoms with E-state index in [1.54, 1.807) is 6.08 Å². The maximum absolute atomic E-state index is 13.5. The molecule has 6 rings (SSSR count). The van der Waals surface area contributed by atoms with E-state index in [0.717, 1.165) is 27.8 Å². The van der Waals surface area contributed by atoms with E-state index in [2.05, 4.69) is 48.5 Å². The third kappa shape index (κ3) is 6.36. The van der Waals surface area contributed by atoms with Gasteiger partial charge in [-0.1, -0.05) is 152 Å². The highest BCUT2D eigenvalue weighted by atomic mass is 16.5. The van der Waals surface area contributed by atoms with Crippen molar-refractivity contribution in [2.24, 2.45) is 0 Å². The third-order valence-corrected chi connectivity index (χ3v) is 7.98. The molecule has 0 bridgehead atoms. The van der Waals surface area contributed by atoms with Gasteiger partial charge in [-0.15, -0.1) is 0 Å². The summed E-state index contributed by atoms with van der Waals surface area (Å²) in [6, 6.07) is 50.8. The van der Waals surface area contributed by atoms with E-state index >= 15 is 0 Å². The van der Waals surface area contributed by atoms with Crippen molar-refractivity contribution in [1.29, 1.82) is 0 Å². The van der Waals surface area contributed by atoms with Gasteiger partial charge >= 0.3 is 0 Å². The second-order valence-corrected chi connectivity index (χ2v) is 10.7. The Bertz CT molecular complexity index is 1510. The van der Waals surface area contributed by atoms with Gasteiger partial charge < -0.3 is 14.4 Å². The van der Waals surface area contributed by atoms with Crippen LogP contribution in [0.2, 0.25) is 0 Å². The largest absolute Gasteiger partial charge is 0.367 e. The second-order valence-electron chi connectivity index (χ2n) is 10.7. The molecule has 0 N–H and O–H groups in total. The van der Waals surface area contributed by atoms with Crippen molar-refractivity contribution in [3.8, 4) is 0 Å². The third-order valence-electron chi connectivity index (χ3n) is 7.98. The summed E-state index contributed by atoms with van der Waals surface area (Å²) in [6.45, 7) is 1.14. The highest BCUT2D eigenvalue weighted by Crippen LogP contribution is 2.41. The highest BCUT2D eigenvalue weighted by Gasteiger charge is 2.41. The Morgan fingerprint density at radius 2 is 1.02 bits per heavy atom. The minimum atomic E-state index is -0.906. The van der Waals surface area contributed by atoms with E-state index in [1.807, 2.05) is 114 Å². The molecule has 43 heavy (non-hydrogen) atoms. The van der Waals surface area contributed by atoms with Gasteiger partial charge in [-0.2, -0.15) is 0 Å². The molecule has 0 spiro atoms. The molecule has 1 amide bonds. The van der Waals surface area contributed by atoms with Crippen LogP contribution >= 0.6 is 0 Å². The SMILES string of the molecule is O=C1C=C[C@H](OCc2ccccc2)[C@@H](COC(c2ccccc2)(c2ccccc2)c2ccccc2)N1Cc1ccccc1. The molecular weight excluding hydrogens is 530 g/mol. The summed E-state index contributed by atoms with van der Waals surface area (Å²) in [5.41, 5.74) is 4.27. The van der Waals surface area contributed by atoms with Crippen molar-refractivity contribution in [2.45, 2.75) is 30.9 Å². The van der Waals surface area contributed by atoms with Gasteiger partial charge in [-0.05, 0) is 33.9 Å². The maximum atomic E-state index is 13.5. The van der Waals surface area contributed by atoms with Crippen molar-refractivity contribution in [3.05, 3.63) is 192 Å². The van der Waals surface area contributed by atoms with E-state index in [9.17, 15) is 4.79 Å². The highest BCUT2D eigenvalue weighted by molar-refractivity contribution is 5.89. The molecule has 214 valence electrons. The molecule has 0 saturated carbocycles. The summed E-state index contributed by atoms with van der Waals surface area (Å²) < 4.78 is 13.7. The Labute approximate surface area is 253 Å². The van der Waals surface area contributed by atoms with E-state index < -0.39 is 5.60 Å². The van der Waals surface area contributed by atoms with Crippen molar-refractivity contribution >= 4 is 5.91 Å². The Morgan fingerprint density at radius 1 is 0.581 bits per heavy atom. The zero-order chi connectivity index (χ0) is 29.3. The van der Waals surface area contributed by atoms with Gasteiger partial charge in [0, 0.05) is 12.6 Å². The van der Waals surface area contributed by atoms with Crippen molar-refractivity contribution in [2.75, 3.05) is 6.61 Å². The summed E-state index contributed by atoms with van der Waals surface area (Å²) in [5, 5.41) is 0. The van der Waals surface area contributed by atoms with Crippen LogP contribution in [0.25, 0.3) is 0 Å². The average molecular weight is 566 g/mol. The van der Waals surface area contributed by atoms with Crippen LogP contribution in [0.3, 0.4) is 0 Å². The van der Waals surface area contributed by atoms with E-state index in [0.29, 0.717) is 13.2 Å². The van der Waals surface area contributed by atoms with Gasteiger partial charge in [0.25, 0.3) is 0 Å². The molecule has 4 nitrogen and oxygen atoms in total. The molecule has 2 atom stereocenters. The Kier molecular flexibility index (Phi) is 8.88. The Balaban J connectivity index is 1.40. The normalized spacial score (nSPS) is 16.7. The first-order valence-electron chi connectivity index (χ1n) is 14.7. The van der Waals surface area contributed by atoms with Crippen molar-refractivity contribution in [1.82, 2.24) is 4.90 Å². The molecule has 0 fully saturated rings. The average Bonchev–Trinajstić information content (AvgIpc) is 3.08. The molecule has 1 aliphatic rings. The molecule has 0 unspecified atom stereocenters. The number of nitrogens with zero attached hydrogens (tertiary/aromatic N) is 1. The molecule has 5 aromatic rings. The lowest BCUT2D eigenvalue weighted by atomic mass is 9.80. The predicted molar refractivity (Wildman–Crippen MR) is 170 cm³/mol. The molecule has 0 aromatic heterocycles. The Morgan fingerprint density at radius 3 is 1.51 bits per heavy atom. The number of hydrogen-bond donors (Lipinski definition) is 0. The summed E-state index contributed by atoms with van der Waals surface area (Å²) >= 11 is 0. The maximum Gasteiger partial charge on any atom is 0.247 e. The van der Waals surface area contributed by atoms with Crippen LogP contribution in [-0.4, -0.2) is 29.6 Å². The zero-order valence-electron chi connectivity index (χ0n) is 24.0. The van der Waals surface area contributed by atoms with Crippen molar-refractivity contribution < 1.29 is 14.3 Å². The van der Waals surface area contributed by atoms with Crippen LogP contribution in [0.4, 0.5) is 0 Å². The molecule has 1 aliphatic heterocycles. The Hall–Kier alpha value is -4.77. The van der Waals surface area contributed by atoms with Gasteiger partial charge in [0.2, 0.25) is 5.91 Å². The van der Waals surface area contributed by atoms with E-state index in [4.69, 9.17) is 9.47 Å². The summed E-state index contributed by atoms with van der Waals surface area (Å²) in [6.07, 6.45) is 3.16. The fourth-order valence-corrected chi connectivity index (χ4v) is 5.81. The fraction of sp³-hybridized carbons (Fsp3) is 0.154. The van der Waals surface area contributed by atoms with Crippen LogP contribution in [0.15, 0.2) is 164 Å². The van der Waals surface area contributed by atoms with Crippen molar-refractivity contribution in [3.63, 3.8) is 0 Å². The first-order chi connectivity index (χ1) is 21.2. The molecule has 1 heterocycles. The number of rotatable bonds is 11. The minimum absolute atomic E-state index is 0.0539. The number of benzene rings is 5. The van der Waals surface area contributed by atoms with E-state index in [1.165, 1.54) is 0 Å². The lowest BCUT2D eigenvalue weighted by molar-refractivity contribution is -0.139. The summed E-state index contributed by atoms with van der Waals surface area (Å²) in [5.74, 6) is -0.0539. The number of amides is 1. The first-order valence-corrected chi connectivity index (χ1v) is 14.7. The van der Waals surface area contributed by atoms with Crippen LogP contribution in [0.5, 0.6) is 0 Å². The van der Waals surface area contributed by atoms with E-state index in [-0.39, 0.29) is 24.7 Å². The summed E-state index contributed by atoms with van der Waals surface area (Å²) in [4.78, 5) is 15.4. The zero-order valence-corrected chi connectivity index (χ0v) is 24.0. The van der Waals surface area contributed by atoms with Crippen LogP contribution in [0, 0.1) is 0 Å². The first kappa shape index (κ1) is 28.4. The monoisotopic (exact) mass is 565 g/mol. The van der Waals surface area contributed by atoms with Gasteiger partial charge in [0.15, 0.2) is 0 Å². The lowest BCUT2D eigenvalue weighted by Crippen LogP contribution is -2.53. The minimum Gasteiger partial charge on any atom is -0.367 e. The number of carbonyl (C=O) groups is 1. The van der Waals surface area contributed by atoms with Gasteiger partial charge in [0.1, 0.15) is 5.60 Å². The lowest BCUT2D eigenvalue weighted by Gasteiger charge is -2.42. The number of carbonyl (C=O) groups excluding carboxylic acids is 1. The van der Waals surface area contributed by atoms with Gasteiger partial charge in [-0.3, -0.25) is 4.79 Å². The fourth-order valence-electron chi connectivity index (χ4n) is 5.81. The predicted octanol–water partition coefficient (Wildman–Crippen LogP) is 7.55. The number of hydrogen-bond acceptors (Lipinski definition) is 3. The second kappa shape index (κ2) is 13.5. The number of ether oxygens (including phenoxy) is 2. The molecule has 0 saturated heterocycles.